The summed E-state index contributed by atoms with van der Waals surface area (Å²) in [5.41, 5.74) is 1.93. The summed E-state index contributed by atoms with van der Waals surface area (Å²) in [7, 11) is 0. The lowest BCUT2D eigenvalue weighted by Crippen LogP contribution is -2.52. The molecule has 1 aromatic rings. The number of anilines is 1. The van der Waals surface area contributed by atoms with Gasteiger partial charge in [0.25, 0.3) is 0 Å². The average molecular weight is 291 g/mol. The molecule has 0 heterocycles. The van der Waals surface area contributed by atoms with E-state index in [9.17, 15) is 9.59 Å². The van der Waals surface area contributed by atoms with Crippen molar-refractivity contribution >= 4 is 17.4 Å². The van der Waals surface area contributed by atoms with Gasteiger partial charge in [-0.15, -0.1) is 0 Å². The molecule has 1 rings (SSSR count). The number of ether oxygens (including phenoxy) is 1. The second-order valence-corrected chi connectivity index (χ2v) is 5.70. The van der Waals surface area contributed by atoms with E-state index in [1.807, 2.05) is 32.0 Å². The Morgan fingerprint density at radius 3 is 2.43 bits per heavy atom. The third kappa shape index (κ3) is 3.84. The van der Waals surface area contributed by atoms with Crippen LogP contribution in [0.25, 0.3) is 0 Å². The minimum absolute atomic E-state index is 0.0529. The van der Waals surface area contributed by atoms with E-state index in [1.54, 1.807) is 20.8 Å². The smallest absolute Gasteiger partial charge is 0.332 e. The van der Waals surface area contributed by atoms with E-state index in [0.717, 1.165) is 16.8 Å². The van der Waals surface area contributed by atoms with Crippen LogP contribution in [0.3, 0.4) is 0 Å². The van der Waals surface area contributed by atoms with E-state index in [4.69, 9.17) is 4.74 Å². The highest BCUT2D eigenvalue weighted by Crippen LogP contribution is 2.28. The maximum atomic E-state index is 12.4. The minimum Gasteiger partial charge on any atom is -0.464 e. The topological polar surface area (TPSA) is 55.4 Å². The molecule has 1 N–H and O–H groups in total. The third-order valence-corrected chi connectivity index (χ3v) is 3.95. The number of Topliss-reactive ketones (excluding diaryl/α,β-unsaturated/α-hetero) is 1. The first-order valence-corrected chi connectivity index (χ1v) is 7.25. The quantitative estimate of drug-likeness (QED) is 0.817. The Balaban J connectivity index is 3.18. The molecule has 0 saturated heterocycles. The van der Waals surface area contributed by atoms with Gasteiger partial charge in [-0.1, -0.05) is 24.6 Å². The number of carbonyl (C=O) groups is 2. The highest BCUT2D eigenvalue weighted by atomic mass is 16.5. The predicted molar refractivity (Wildman–Crippen MR) is 84.4 cm³/mol. The van der Waals surface area contributed by atoms with Crippen molar-refractivity contribution in [3.05, 3.63) is 29.3 Å². The van der Waals surface area contributed by atoms with Crippen LogP contribution in [0, 0.1) is 19.8 Å². The predicted octanol–water partition coefficient (Wildman–Crippen LogP) is 3.26. The van der Waals surface area contributed by atoms with E-state index in [2.05, 4.69) is 5.32 Å². The van der Waals surface area contributed by atoms with Crippen molar-refractivity contribution in [1.29, 1.82) is 0 Å². The fourth-order valence-electron chi connectivity index (χ4n) is 2.26. The summed E-state index contributed by atoms with van der Waals surface area (Å²) < 4.78 is 5.16. The summed E-state index contributed by atoms with van der Waals surface area (Å²) in [4.78, 5) is 24.1. The van der Waals surface area contributed by atoms with Gasteiger partial charge in [-0.05, 0) is 46.2 Å². The van der Waals surface area contributed by atoms with Gasteiger partial charge < -0.3 is 10.1 Å². The van der Waals surface area contributed by atoms with Crippen molar-refractivity contribution in [3.63, 3.8) is 0 Å². The van der Waals surface area contributed by atoms with Gasteiger partial charge in [-0.2, -0.15) is 0 Å². The van der Waals surface area contributed by atoms with Crippen molar-refractivity contribution < 1.29 is 14.3 Å². The van der Waals surface area contributed by atoms with E-state index in [1.165, 1.54) is 6.92 Å². The Hall–Kier alpha value is -1.84. The van der Waals surface area contributed by atoms with Crippen LogP contribution in [-0.2, 0) is 14.3 Å². The van der Waals surface area contributed by atoms with Crippen LogP contribution in [0.5, 0.6) is 0 Å². The van der Waals surface area contributed by atoms with Crippen molar-refractivity contribution in [1.82, 2.24) is 0 Å². The van der Waals surface area contributed by atoms with Crippen LogP contribution in [0.15, 0.2) is 18.2 Å². The SMILES string of the molecule is CCOC(=O)C(C)(Nc1ccc(C)cc1C)C(C)C(C)=O. The fraction of sp³-hybridized carbons (Fsp3) is 0.529. The first kappa shape index (κ1) is 17.2. The van der Waals surface area contributed by atoms with Gasteiger partial charge in [-0.25, -0.2) is 4.79 Å². The van der Waals surface area contributed by atoms with Gasteiger partial charge in [0.2, 0.25) is 0 Å². The number of aryl methyl sites for hydroxylation is 2. The number of rotatable bonds is 6. The minimum atomic E-state index is -1.08. The van der Waals surface area contributed by atoms with Crippen LogP contribution in [0.1, 0.15) is 38.8 Å². The molecule has 0 bridgehead atoms. The number of hydrogen-bond acceptors (Lipinski definition) is 4. The molecule has 0 amide bonds. The molecule has 0 radical (unpaired) electrons. The summed E-state index contributed by atoms with van der Waals surface area (Å²) in [6.45, 7) is 11.0. The Morgan fingerprint density at radius 1 is 1.33 bits per heavy atom. The molecule has 2 unspecified atom stereocenters. The zero-order valence-corrected chi connectivity index (χ0v) is 13.7. The number of benzene rings is 1. The normalized spacial score (nSPS) is 15.0. The molecule has 0 aliphatic rings. The zero-order valence-electron chi connectivity index (χ0n) is 13.7. The molecule has 0 saturated carbocycles. The molecule has 0 fully saturated rings. The average Bonchev–Trinajstić information content (AvgIpc) is 2.41. The number of nitrogens with one attached hydrogen (secondary N) is 1. The van der Waals surface area contributed by atoms with E-state index >= 15 is 0 Å². The van der Waals surface area contributed by atoms with E-state index in [0.29, 0.717) is 0 Å². The fourth-order valence-corrected chi connectivity index (χ4v) is 2.26. The van der Waals surface area contributed by atoms with Crippen LogP contribution >= 0.6 is 0 Å². The third-order valence-electron chi connectivity index (χ3n) is 3.95. The standard InChI is InChI=1S/C17H25NO3/c1-7-21-16(20)17(6,13(4)14(5)19)18-15-9-8-11(2)10-12(15)3/h8-10,13,18H,7H2,1-6H3. The maximum Gasteiger partial charge on any atom is 0.332 e. The van der Waals surface area contributed by atoms with Crippen molar-refractivity contribution in [2.75, 3.05) is 11.9 Å². The molecule has 4 nitrogen and oxygen atoms in total. The summed E-state index contributed by atoms with van der Waals surface area (Å²) in [6.07, 6.45) is 0. The molecule has 0 aliphatic heterocycles. The summed E-state index contributed by atoms with van der Waals surface area (Å²) in [6, 6.07) is 5.93. The molecule has 4 heteroatoms. The van der Waals surface area contributed by atoms with Gasteiger partial charge in [0.15, 0.2) is 0 Å². The van der Waals surface area contributed by atoms with Crippen LogP contribution in [0.2, 0.25) is 0 Å². The number of esters is 1. The summed E-state index contributed by atoms with van der Waals surface area (Å²) in [5, 5.41) is 3.22. The molecule has 0 aromatic heterocycles. The van der Waals surface area contributed by atoms with Gasteiger partial charge in [0.05, 0.1) is 6.61 Å². The lowest BCUT2D eigenvalue weighted by molar-refractivity contribution is -0.151. The van der Waals surface area contributed by atoms with Crippen molar-refractivity contribution in [2.24, 2.45) is 5.92 Å². The summed E-state index contributed by atoms with van der Waals surface area (Å²) >= 11 is 0. The van der Waals surface area contributed by atoms with Crippen LogP contribution in [-0.4, -0.2) is 23.9 Å². The maximum absolute atomic E-state index is 12.4. The molecule has 1 aromatic carbocycles. The number of carbonyl (C=O) groups excluding carboxylic acids is 2. The largest absolute Gasteiger partial charge is 0.464 e. The second kappa shape index (κ2) is 6.74. The highest BCUT2D eigenvalue weighted by molar-refractivity contribution is 5.93. The van der Waals surface area contributed by atoms with Gasteiger partial charge in [0.1, 0.15) is 11.3 Å². The van der Waals surface area contributed by atoms with E-state index in [-0.39, 0.29) is 12.4 Å². The molecule has 0 aliphatic carbocycles. The Morgan fingerprint density at radius 2 is 1.95 bits per heavy atom. The van der Waals surface area contributed by atoms with E-state index < -0.39 is 17.4 Å². The van der Waals surface area contributed by atoms with Crippen LogP contribution < -0.4 is 5.32 Å². The molecule has 2 atom stereocenters. The van der Waals surface area contributed by atoms with Crippen molar-refractivity contribution in [2.45, 2.75) is 47.1 Å². The van der Waals surface area contributed by atoms with Gasteiger partial charge in [-0.3, -0.25) is 4.79 Å². The first-order valence-electron chi connectivity index (χ1n) is 7.25. The molecule has 116 valence electrons. The molecular formula is C17H25NO3. The lowest BCUT2D eigenvalue weighted by Gasteiger charge is -2.34. The van der Waals surface area contributed by atoms with Gasteiger partial charge in [0, 0.05) is 11.6 Å². The Labute approximate surface area is 126 Å². The molecule has 0 spiro atoms. The summed E-state index contributed by atoms with van der Waals surface area (Å²) in [5.74, 6) is -0.951. The Bertz CT molecular complexity index is 539. The second-order valence-electron chi connectivity index (χ2n) is 5.70. The molecular weight excluding hydrogens is 266 g/mol. The number of hydrogen-bond donors (Lipinski definition) is 1. The van der Waals surface area contributed by atoms with Gasteiger partial charge >= 0.3 is 5.97 Å². The number of ketones is 1. The van der Waals surface area contributed by atoms with Crippen molar-refractivity contribution in [3.8, 4) is 0 Å². The zero-order chi connectivity index (χ0) is 16.2. The highest BCUT2D eigenvalue weighted by Gasteiger charge is 2.42. The first-order chi connectivity index (χ1) is 9.72. The van der Waals surface area contributed by atoms with Crippen LogP contribution in [0.4, 0.5) is 5.69 Å². The lowest BCUT2D eigenvalue weighted by atomic mass is 9.83. The monoisotopic (exact) mass is 291 g/mol. The Kier molecular flexibility index (Phi) is 5.53. The molecule has 21 heavy (non-hydrogen) atoms.